The molecule has 11 unspecified atom stereocenters. The van der Waals surface area contributed by atoms with Gasteiger partial charge in [0.1, 0.15) is 55.4 Å². The van der Waals surface area contributed by atoms with Gasteiger partial charge in [0, 0.05) is 12.8 Å². The van der Waals surface area contributed by atoms with Crippen LogP contribution in [0.2, 0.25) is 0 Å². The quantitative estimate of drug-likeness (QED) is 0.0231. The second-order valence-corrected chi connectivity index (χ2v) is 16.9. The third kappa shape index (κ3) is 23.8. The molecule has 2 fully saturated rings. The van der Waals surface area contributed by atoms with Crippen LogP contribution < -0.4 is 0 Å². The first-order valence-electron chi connectivity index (χ1n) is 23.9. The standard InChI is InChI=1S/C47H84O15/c1-3-5-7-8-9-10-11-12-13-14-15-16-17-18-19-20-21-22-23-24-25-26-28-30-39(50)60-35(32-57-38(49)29-27-6-4-2)33-58-46-45(56)43(54)41(52)37(62-46)34-59-47-44(55)42(53)40(51)36(31-48)61-47/h11-12,14-15,35-37,40-48,51-56H,3-10,13,16-34H2,1-2H3/b12-11-,15-14-. The van der Waals surface area contributed by atoms with Crippen LogP contribution in [0.25, 0.3) is 0 Å². The molecule has 0 radical (unpaired) electrons. The molecule has 62 heavy (non-hydrogen) atoms. The van der Waals surface area contributed by atoms with E-state index in [1.165, 1.54) is 83.5 Å². The minimum atomic E-state index is -1.76. The number of carbonyl (C=O) groups excluding carboxylic acids is 2. The molecule has 0 aromatic heterocycles. The van der Waals surface area contributed by atoms with Crippen molar-refractivity contribution in [3.63, 3.8) is 0 Å². The van der Waals surface area contributed by atoms with Gasteiger partial charge in [-0.2, -0.15) is 0 Å². The molecular formula is C47H84O15. The Labute approximate surface area is 371 Å². The summed E-state index contributed by atoms with van der Waals surface area (Å²) >= 11 is 0. The van der Waals surface area contributed by atoms with Gasteiger partial charge in [0.2, 0.25) is 0 Å². The first kappa shape index (κ1) is 56.1. The summed E-state index contributed by atoms with van der Waals surface area (Å²) in [7, 11) is 0. The summed E-state index contributed by atoms with van der Waals surface area (Å²) in [6, 6.07) is 0. The van der Waals surface area contributed by atoms with Crippen molar-refractivity contribution in [2.24, 2.45) is 0 Å². The molecule has 2 heterocycles. The second-order valence-electron chi connectivity index (χ2n) is 16.9. The fourth-order valence-corrected chi connectivity index (χ4v) is 7.42. The molecule has 0 aliphatic carbocycles. The number of carbonyl (C=O) groups is 2. The summed E-state index contributed by atoms with van der Waals surface area (Å²) in [5, 5.41) is 71.6. The number of unbranched alkanes of at least 4 members (excludes halogenated alkanes) is 18. The zero-order chi connectivity index (χ0) is 45.4. The van der Waals surface area contributed by atoms with E-state index in [1.54, 1.807) is 0 Å². The van der Waals surface area contributed by atoms with Gasteiger partial charge >= 0.3 is 11.9 Å². The summed E-state index contributed by atoms with van der Waals surface area (Å²) in [6.07, 6.45) is 17.6. The van der Waals surface area contributed by atoms with Crippen LogP contribution in [0, 0.1) is 0 Å². The van der Waals surface area contributed by atoms with Gasteiger partial charge in [0.05, 0.1) is 19.8 Å². The third-order valence-corrected chi connectivity index (χ3v) is 11.4. The van der Waals surface area contributed by atoms with Crippen LogP contribution in [-0.4, -0.2) is 142 Å². The number of allylic oxidation sites excluding steroid dienone is 4. The van der Waals surface area contributed by atoms with Crippen molar-refractivity contribution in [3.8, 4) is 0 Å². The summed E-state index contributed by atoms with van der Waals surface area (Å²) in [4.78, 5) is 25.2. The zero-order valence-electron chi connectivity index (χ0n) is 37.9. The fourth-order valence-electron chi connectivity index (χ4n) is 7.42. The number of aliphatic hydroxyl groups excluding tert-OH is 7. The first-order valence-corrected chi connectivity index (χ1v) is 23.9. The number of aliphatic hydroxyl groups is 7. The van der Waals surface area contributed by atoms with Gasteiger partial charge in [0.25, 0.3) is 0 Å². The number of hydrogen-bond acceptors (Lipinski definition) is 15. The Morgan fingerprint density at radius 2 is 0.968 bits per heavy atom. The predicted octanol–water partition coefficient (Wildman–Crippen LogP) is 5.60. The van der Waals surface area contributed by atoms with Gasteiger partial charge < -0.3 is 64.2 Å². The van der Waals surface area contributed by atoms with E-state index < -0.39 is 92.7 Å². The highest BCUT2D eigenvalue weighted by atomic mass is 16.7. The molecule has 2 aliphatic rings. The molecule has 15 nitrogen and oxygen atoms in total. The fraction of sp³-hybridized carbons (Fsp3) is 0.872. The van der Waals surface area contributed by atoms with Crippen LogP contribution in [0.4, 0.5) is 0 Å². The highest BCUT2D eigenvalue weighted by Gasteiger charge is 2.47. The third-order valence-electron chi connectivity index (χ3n) is 11.4. The summed E-state index contributed by atoms with van der Waals surface area (Å²) < 4.78 is 33.2. The molecule has 362 valence electrons. The highest BCUT2D eigenvalue weighted by molar-refractivity contribution is 5.70. The van der Waals surface area contributed by atoms with E-state index in [-0.39, 0.29) is 26.1 Å². The van der Waals surface area contributed by atoms with Crippen LogP contribution in [0.3, 0.4) is 0 Å². The lowest BCUT2D eigenvalue weighted by atomic mass is 9.98. The van der Waals surface area contributed by atoms with Gasteiger partial charge in [-0.1, -0.05) is 134 Å². The highest BCUT2D eigenvalue weighted by Crippen LogP contribution is 2.26. The molecular weight excluding hydrogens is 805 g/mol. The molecule has 0 bridgehead atoms. The molecule has 0 spiro atoms. The molecule has 0 amide bonds. The van der Waals surface area contributed by atoms with E-state index in [0.717, 1.165) is 44.9 Å². The van der Waals surface area contributed by atoms with E-state index in [2.05, 4.69) is 31.2 Å². The monoisotopic (exact) mass is 889 g/mol. The van der Waals surface area contributed by atoms with Gasteiger partial charge in [0.15, 0.2) is 18.7 Å². The predicted molar refractivity (Wildman–Crippen MR) is 234 cm³/mol. The van der Waals surface area contributed by atoms with E-state index in [9.17, 15) is 45.3 Å². The lowest BCUT2D eigenvalue weighted by Gasteiger charge is -2.42. The Kier molecular flexibility index (Phi) is 31.9. The molecule has 11 atom stereocenters. The number of rotatable bonds is 36. The van der Waals surface area contributed by atoms with E-state index >= 15 is 0 Å². The van der Waals surface area contributed by atoms with Crippen molar-refractivity contribution >= 4 is 11.9 Å². The summed E-state index contributed by atoms with van der Waals surface area (Å²) in [6.45, 7) is 2.38. The van der Waals surface area contributed by atoms with Crippen molar-refractivity contribution in [1.82, 2.24) is 0 Å². The Bertz CT molecular complexity index is 1180. The van der Waals surface area contributed by atoms with Crippen molar-refractivity contribution in [2.75, 3.05) is 26.4 Å². The zero-order valence-corrected chi connectivity index (χ0v) is 37.9. The van der Waals surface area contributed by atoms with E-state index in [0.29, 0.717) is 12.8 Å². The molecule has 0 saturated carbocycles. The van der Waals surface area contributed by atoms with E-state index in [4.69, 9.17) is 28.4 Å². The van der Waals surface area contributed by atoms with Gasteiger partial charge in [-0.05, 0) is 44.9 Å². The number of hydrogen-bond donors (Lipinski definition) is 7. The van der Waals surface area contributed by atoms with Gasteiger partial charge in [-0.3, -0.25) is 9.59 Å². The average Bonchev–Trinajstić information content (AvgIpc) is 3.26. The Morgan fingerprint density at radius 3 is 1.53 bits per heavy atom. The molecule has 15 heteroatoms. The van der Waals surface area contributed by atoms with Crippen molar-refractivity contribution in [2.45, 2.75) is 235 Å². The summed E-state index contributed by atoms with van der Waals surface area (Å²) in [5.41, 5.74) is 0. The van der Waals surface area contributed by atoms with Crippen LogP contribution in [0.5, 0.6) is 0 Å². The molecule has 0 aromatic rings. The maximum Gasteiger partial charge on any atom is 0.306 e. The Balaban J connectivity index is 1.67. The topological polar surface area (TPSA) is 231 Å². The molecule has 0 aromatic carbocycles. The number of esters is 2. The largest absolute Gasteiger partial charge is 0.462 e. The second kappa shape index (κ2) is 35.3. The lowest BCUT2D eigenvalue weighted by Crippen LogP contribution is -2.61. The molecule has 2 saturated heterocycles. The molecule has 7 N–H and O–H groups in total. The smallest absolute Gasteiger partial charge is 0.306 e. The lowest BCUT2D eigenvalue weighted by molar-refractivity contribution is -0.332. The SMILES string of the molecule is CCCCCCC/C=C\C/C=C\CCCCCCCCCCCCCC(=O)OC(COC(=O)CCCCC)COC1OC(COC2OC(CO)C(O)C(O)C2O)C(O)C(O)C1O. The number of ether oxygens (including phenoxy) is 6. The maximum absolute atomic E-state index is 12.9. The van der Waals surface area contributed by atoms with Crippen LogP contribution in [0.15, 0.2) is 24.3 Å². The minimum Gasteiger partial charge on any atom is -0.462 e. The van der Waals surface area contributed by atoms with Gasteiger partial charge in [-0.25, -0.2) is 0 Å². The summed E-state index contributed by atoms with van der Waals surface area (Å²) in [5.74, 6) is -0.953. The normalized spacial score (nSPS) is 27.2. The van der Waals surface area contributed by atoms with Crippen molar-refractivity contribution in [1.29, 1.82) is 0 Å². The van der Waals surface area contributed by atoms with Crippen molar-refractivity contribution in [3.05, 3.63) is 24.3 Å². The average molecular weight is 889 g/mol. The van der Waals surface area contributed by atoms with Crippen LogP contribution in [-0.2, 0) is 38.0 Å². The Hall–Kier alpha value is -2.02. The Morgan fingerprint density at radius 1 is 0.516 bits per heavy atom. The van der Waals surface area contributed by atoms with E-state index in [1.807, 2.05) is 6.92 Å². The molecule has 2 aliphatic heterocycles. The van der Waals surface area contributed by atoms with Crippen molar-refractivity contribution < 1.29 is 73.8 Å². The van der Waals surface area contributed by atoms with Gasteiger partial charge in [-0.15, -0.1) is 0 Å². The maximum atomic E-state index is 12.9. The van der Waals surface area contributed by atoms with Crippen LogP contribution >= 0.6 is 0 Å². The molecule has 2 rings (SSSR count). The minimum absolute atomic E-state index is 0.164. The van der Waals surface area contributed by atoms with Crippen LogP contribution in [0.1, 0.15) is 168 Å². The first-order chi connectivity index (χ1) is 30.0.